The Hall–Kier alpha value is -2.96. The summed E-state index contributed by atoms with van der Waals surface area (Å²) in [5.74, 6) is -0.169. The molecular weight excluding hydrogens is 368 g/mol. The van der Waals surface area contributed by atoms with Gasteiger partial charge in [-0.2, -0.15) is 0 Å². The van der Waals surface area contributed by atoms with Gasteiger partial charge in [0.15, 0.2) is 5.76 Å². The zero-order valence-electron chi connectivity index (χ0n) is 16.5. The first kappa shape index (κ1) is 19.4. The summed E-state index contributed by atoms with van der Waals surface area (Å²) in [6.07, 6.45) is 0.709. The fraction of sp³-hybridized carbons (Fsp3) is 0.304. The molecule has 0 amide bonds. The number of likely N-dealkylation sites (N-methyl/N-ethyl adjacent to an activating group) is 1. The van der Waals surface area contributed by atoms with Crippen LogP contribution in [0.25, 0.3) is 22.5 Å². The van der Waals surface area contributed by atoms with Gasteiger partial charge in [-0.25, -0.2) is 0 Å². The second kappa shape index (κ2) is 7.46. The van der Waals surface area contributed by atoms with Gasteiger partial charge in [-0.15, -0.1) is 0 Å². The lowest BCUT2D eigenvalue weighted by molar-refractivity contribution is -0.140. The van der Waals surface area contributed by atoms with Gasteiger partial charge in [0.1, 0.15) is 0 Å². The minimum absolute atomic E-state index is 0.414. The van der Waals surface area contributed by atoms with Gasteiger partial charge in [0.2, 0.25) is 0 Å². The summed E-state index contributed by atoms with van der Waals surface area (Å²) in [5, 5.41) is 26.8. The van der Waals surface area contributed by atoms with Crippen molar-refractivity contribution in [1.82, 2.24) is 10.5 Å². The van der Waals surface area contributed by atoms with Gasteiger partial charge in [0.05, 0.1) is 22.8 Å². The molecule has 1 saturated carbocycles. The number of rotatable bonds is 7. The van der Waals surface area contributed by atoms with Gasteiger partial charge in [-0.3, -0.25) is 4.79 Å². The molecule has 4 rings (SSSR count). The van der Waals surface area contributed by atoms with E-state index in [9.17, 15) is 15.0 Å². The van der Waals surface area contributed by atoms with Crippen LogP contribution in [-0.4, -0.2) is 34.9 Å². The molecule has 1 atom stereocenters. The molecule has 0 aliphatic heterocycles. The van der Waals surface area contributed by atoms with Crippen LogP contribution in [0.5, 0.6) is 0 Å². The van der Waals surface area contributed by atoms with Crippen molar-refractivity contribution in [3.05, 3.63) is 65.4 Å². The number of nitrogens with one attached hydrogen (secondary N) is 1. The molecule has 1 aliphatic carbocycles. The van der Waals surface area contributed by atoms with Gasteiger partial charge in [0.25, 0.3) is 0 Å². The van der Waals surface area contributed by atoms with E-state index in [2.05, 4.69) is 10.5 Å². The molecule has 1 aromatic heterocycles. The Kier molecular flexibility index (Phi) is 4.98. The molecule has 6 nitrogen and oxygen atoms in total. The summed E-state index contributed by atoms with van der Waals surface area (Å²) in [6.45, 7) is 2.23. The van der Waals surface area contributed by atoms with Crippen molar-refractivity contribution < 1.29 is 19.5 Å². The lowest BCUT2D eigenvalue weighted by atomic mass is 9.93. The second-order valence-electron chi connectivity index (χ2n) is 7.63. The summed E-state index contributed by atoms with van der Waals surface area (Å²) in [6, 6.07) is 15.6. The molecule has 6 heteroatoms. The number of carbonyl (C=O) groups is 1. The Bertz CT molecular complexity index is 1020. The molecule has 0 spiro atoms. The van der Waals surface area contributed by atoms with Crippen LogP contribution in [0.4, 0.5) is 0 Å². The molecule has 1 heterocycles. The number of nitrogens with zero attached hydrogens (tertiary/aromatic N) is 1. The third-order valence-corrected chi connectivity index (χ3v) is 5.72. The molecule has 0 radical (unpaired) electrons. The fourth-order valence-corrected chi connectivity index (χ4v) is 3.82. The van der Waals surface area contributed by atoms with E-state index in [0.717, 1.165) is 22.3 Å². The smallest absolute Gasteiger partial charge is 0.314 e. The summed E-state index contributed by atoms with van der Waals surface area (Å²) >= 11 is 0. The van der Waals surface area contributed by atoms with E-state index in [-0.39, 0.29) is 0 Å². The van der Waals surface area contributed by atoms with Gasteiger partial charge < -0.3 is 20.1 Å². The van der Waals surface area contributed by atoms with Gasteiger partial charge in [-0.05, 0) is 43.5 Å². The van der Waals surface area contributed by atoms with E-state index in [1.807, 2.05) is 55.5 Å². The van der Waals surface area contributed by atoms with E-state index < -0.39 is 17.5 Å². The molecular formula is C23H24N2O4. The Balaban J connectivity index is 1.59. The highest BCUT2D eigenvalue weighted by Crippen LogP contribution is 2.48. The zero-order chi connectivity index (χ0) is 20.6. The lowest BCUT2D eigenvalue weighted by Crippen LogP contribution is -2.19. The molecule has 1 unspecified atom stereocenters. The van der Waals surface area contributed by atoms with Crippen LogP contribution in [0.2, 0.25) is 0 Å². The Morgan fingerprint density at radius 2 is 1.66 bits per heavy atom. The number of aliphatic hydroxyl groups is 1. The lowest BCUT2D eigenvalue weighted by Gasteiger charge is -2.12. The van der Waals surface area contributed by atoms with Crippen molar-refractivity contribution in [1.29, 1.82) is 0 Å². The van der Waals surface area contributed by atoms with E-state index in [1.165, 1.54) is 0 Å². The van der Waals surface area contributed by atoms with Crippen molar-refractivity contribution in [3.63, 3.8) is 0 Å². The van der Waals surface area contributed by atoms with Crippen LogP contribution < -0.4 is 5.32 Å². The third-order valence-electron chi connectivity index (χ3n) is 5.72. The number of hydrogen-bond acceptors (Lipinski definition) is 5. The van der Waals surface area contributed by atoms with Gasteiger partial charge >= 0.3 is 5.97 Å². The summed E-state index contributed by atoms with van der Waals surface area (Å²) < 4.78 is 5.48. The first-order valence-electron chi connectivity index (χ1n) is 9.70. The van der Waals surface area contributed by atoms with E-state index >= 15 is 0 Å². The SMILES string of the molecule is CNCC(O)c1c(C)noc1-c1ccc(-c2ccc(C3(C(=O)O)CC3)cc2)cc1. The average Bonchev–Trinajstić information content (AvgIpc) is 3.45. The highest BCUT2D eigenvalue weighted by molar-refractivity contribution is 5.85. The van der Waals surface area contributed by atoms with Crippen molar-refractivity contribution in [2.75, 3.05) is 13.6 Å². The van der Waals surface area contributed by atoms with Crippen LogP contribution in [0.1, 0.15) is 35.8 Å². The van der Waals surface area contributed by atoms with E-state index in [1.54, 1.807) is 7.05 Å². The van der Waals surface area contributed by atoms with Crippen LogP contribution in [0.15, 0.2) is 53.1 Å². The van der Waals surface area contributed by atoms with Crippen LogP contribution in [0, 0.1) is 6.92 Å². The summed E-state index contributed by atoms with van der Waals surface area (Å²) in [5.41, 5.74) is 4.44. The predicted molar refractivity (Wildman–Crippen MR) is 110 cm³/mol. The van der Waals surface area contributed by atoms with Crippen LogP contribution in [0.3, 0.4) is 0 Å². The summed E-state index contributed by atoms with van der Waals surface area (Å²) in [7, 11) is 1.79. The number of aryl methyl sites for hydroxylation is 1. The molecule has 3 N–H and O–H groups in total. The summed E-state index contributed by atoms with van der Waals surface area (Å²) in [4.78, 5) is 11.5. The zero-order valence-corrected chi connectivity index (χ0v) is 16.5. The number of carboxylic acids is 1. The Morgan fingerprint density at radius 3 is 2.17 bits per heavy atom. The van der Waals surface area contributed by atoms with Gasteiger partial charge in [0, 0.05) is 12.1 Å². The van der Waals surface area contributed by atoms with E-state index in [4.69, 9.17) is 4.52 Å². The fourth-order valence-electron chi connectivity index (χ4n) is 3.82. The standard InChI is InChI=1S/C23H24N2O4/c1-14-20(19(26)13-24-2)21(29-25-14)17-5-3-15(4-6-17)16-7-9-18(10-8-16)23(11-12-23)22(27)28/h3-10,19,24,26H,11-13H2,1-2H3,(H,27,28). The van der Waals surface area contributed by atoms with Crippen LogP contribution >= 0.6 is 0 Å². The molecule has 1 fully saturated rings. The van der Waals surface area contributed by atoms with E-state index in [0.29, 0.717) is 36.4 Å². The van der Waals surface area contributed by atoms with Gasteiger partial charge in [-0.1, -0.05) is 53.7 Å². The number of hydrogen-bond donors (Lipinski definition) is 3. The van der Waals surface area contributed by atoms with Crippen molar-refractivity contribution >= 4 is 5.97 Å². The molecule has 3 aromatic rings. The quantitative estimate of drug-likeness (QED) is 0.568. The normalized spacial score (nSPS) is 15.8. The highest BCUT2D eigenvalue weighted by atomic mass is 16.5. The maximum atomic E-state index is 11.5. The predicted octanol–water partition coefficient (Wildman–Crippen LogP) is 3.69. The second-order valence-corrected chi connectivity index (χ2v) is 7.63. The Morgan fingerprint density at radius 1 is 1.10 bits per heavy atom. The minimum atomic E-state index is -0.742. The maximum absolute atomic E-state index is 11.5. The van der Waals surface area contributed by atoms with Crippen LogP contribution in [-0.2, 0) is 10.2 Å². The number of aliphatic hydroxyl groups excluding tert-OH is 1. The minimum Gasteiger partial charge on any atom is -0.481 e. The first-order valence-corrected chi connectivity index (χ1v) is 9.70. The highest BCUT2D eigenvalue weighted by Gasteiger charge is 2.51. The number of aliphatic carboxylic acids is 1. The third kappa shape index (κ3) is 3.45. The molecule has 0 saturated heterocycles. The number of carboxylic acid groups (broad SMARTS) is 1. The van der Waals surface area contributed by atoms with Crippen molar-refractivity contribution in [2.45, 2.75) is 31.3 Å². The molecule has 150 valence electrons. The largest absolute Gasteiger partial charge is 0.481 e. The van der Waals surface area contributed by atoms with Crippen molar-refractivity contribution in [3.8, 4) is 22.5 Å². The number of benzene rings is 2. The molecule has 1 aliphatic rings. The molecule has 0 bridgehead atoms. The average molecular weight is 392 g/mol. The topological polar surface area (TPSA) is 95.6 Å². The number of aromatic nitrogens is 1. The van der Waals surface area contributed by atoms with Crippen molar-refractivity contribution in [2.24, 2.45) is 0 Å². The molecule has 29 heavy (non-hydrogen) atoms. The molecule has 2 aromatic carbocycles. The monoisotopic (exact) mass is 392 g/mol. The first-order chi connectivity index (χ1) is 14.0. The Labute approximate surface area is 169 Å². The maximum Gasteiger partial charge on any atom is 0.314 e.